The van der Waals surface area contributed by atoms with E-state index in [1.54, 1.807) is 0 Å². The molecule has 0 spiro atoms. The molecule has 0 N–H and O–H groups in total. The molecule has 1 aromatic rings. The third-order valence-corrected chi connectivity index (χ3v) is 4.93. The summed E-state index contributed by atoms with van der Waals surface area (Å²) in [6.45, 7) is 6.60. The van der Waals surface area contributed by atoms with Crippen LogP contribution >= 0.6 is 0 Å². The number of hydrogen-bond acceptors (Lipinski definition) is 2. The molecule has 0 aromatic heterocycles. The van der Waals surface area contributed by atoms with E-state index in [1.165, 1.54) is 37.9 Å². The van der Waals surface area contributed by atoms with E-state index >= 15 is 0 Å². The van der Waals surface area contributed by atoms with Crippen molar-refractivity contribution in [2.45, 2.75) is 44.7 Å². The largest absolute Gasteiger partial charge is 0.298 e. The lowest BCUT2D eigenvalue weighted by molar-refractivity contribution is 0.0160. The van der Waals surface area contributed by atoms with Crippen LogP contribution < -0.4 is 0 Å². The van der Waals surface area contributed by atoms with Crippen LogP contribution in [0.1, 0.15) is 31.7 Å². The second-order valence-corrected chi connectivity index (χ2v) is 6.52. The van der Waals surface area contributed by atoms with Crippen molar-refractivity contribution in [1.29, 1.82) is 0 Å². The van der Waals surface area contributed by atoms with Crippen molar-refractivity contribution in [2.75, 3.05) is 26.2 Å². The minimum Gasteiger partial charge on any atom is -0.298 e. The molecule has 0 bridgehead atoms. The Labute approximate surface area is 125 Å². The van der Waals surface area contributed by atoms with Crippen LogP contribution in [-0.2, 0) is 6.42 Å². The Morgan fingerprint density at radius 3 is 2.62 bits per heavy atom. The Bertz CT molecular complexity index is 471. The third kappa shape index (κ3) is 3.61. The molecule has 2 aliphatic rings. The van der Waals surface area contributed by atoms with Crippen molar-refractivity contribution in [3.8, 4) is 0 Å². The Balaban J connectivity index is 1.59. The number of halogens is 2. The first-order valence-electron chi connectivity index (χ1n) is 8.05. The highest BCUT2D eigenvalue weighted by molar-refractivity contribution is 5.18. The monoisotopic (exact) mass is 294 g/mol. The summed E-state index contributed by atoms with van der Waals surface area (Å²) in [6, 6.07) is 5.04. The molecule has 1 aromatic carbocycles. The quantitative estimate of drug-likeness (QED) is 0.845. The summed E-state index contributed by atoms with van der Waals surface area (Å²) in [7, 11) is 0. The van der Waals surface area contributed by atoms with Gasteiger partial charge in [-0.1, -0.05) is 6.42 Å². The van der Waals surface area contributed by atoms with Crippen LogP contribution in [0.4, 0.5) is 8.78 Å². The van der Waals surface area contributed by atoms with Gasteiger partial charge in [-0.15, -0.1) is 0 Å². The fourth-order valence-corrected chi connectivity index (χ4v) is 3.75. The maximum atomic E-state index is 13.2. The highest BCUT2D eigenvalue weighted by Crippen LogP contribution is 2.24. The lowest BCUT2D eigenvalue weighted by Gasteiger charge is -2.47. The first kappa shape index (κ1) is 14.9. The van der Waals surface area contributed by atoms with Crippen LogP contribution in [0.5, 0.6) is 0 Å². The highest BCUT2D eigenvalue weighted by atomic mass is 19.1. The molecule has 2 atom stereocenters. The lowest BCUT2D eigenvalue weighted by atomic mass is 9.97. The maximum Gasteiger partial charge on any atom is 0.126 e. The molecule has 21 heavy (non-hydrogen) atoms. The zero-order valence-electron chi connectivity index (χ0n) is 12.7. The van der Waals surface area contributed by atoms with Gasteiger partial charge in [0.25, 0.3) is 0 Å². The number of benzene rings is 1. The van der Waals surface area contributed by atoms with Gasteiger partial charge in [-0.3, -0.25) is 9.80 Å². The molecule has 2 unspecified atom stereocenters. The SMILES string of the molecule is CC1CN2CCCCC2CN1CCc1cc(F)cc(F)c1. The second-order valence-electron chi connectivity index (χ2n) is 6.52. The minimum atomic E-state index is -0.477. The summed E-state index contributed by atoms with van der Waals surface area (Å²) in [5.74, 6) is -0.953. The fraction of sp³-hybridized carbons (Fsp3) is 0.647. The van der Waals surface area contributed by atoms with E-state index < -0.39 is 11.6 Å². The van der Waals surface area contributed by atoms with Crippen LogP contribution in [-0.4, -0.2) is 48.1 Å². The number of hydrogen-bond donors (Lipinski definition) is 0. The summed E-state index contributed by atoms with van der Waals surface area (Å²) >= 11 is 0. The zero-order chi connectivity index (χ0) is 14.8. The number of piperazine rings is 1. The van der Waals surface area contributed by atoms with Crippen molar-refractivity contribution < 1.29 is 8.78 Å². The number of piperidine rings is 1. The predicted molar refractivity (Wildman–Crippen MR) is 80.3 cm³/mol. The van der Waals surface area contributed by atoms with Gasteiger partial charge in [0.05, 0.1) is 0 Å². The van der Waals surface area contributed by atoms with Gasteiger partial charge < -0.3 is 0 Å². The highest BCUT2D eigenvalue weighted by Gasteiger charge is 2.32. The maximum absolute atomic E-state index is 13.2. The number of fused-ring (bicyclic) bond motifs is 1. The molecule has 0 radical (unpaired) electrons. The van der Waals surface area contributed by atoms with Gasteiger partial charge in [0.15, 0.2) is 0 Å². The van der Waals surface area contributed by atoms with E-state index in [0.29, 0.717) is 18.5 Å². The normalized spacial score (nSPS) is 27.6. The van der Waals surface area contributed by atoms with Gasteiger partial charge in [-0.05, 0) is 50.4 Å². The Morgan fingerprint density at radius 2 is 1.86 bits per heavy atom. The molecule has 0 amide bonds. The van der Waals surface area contributed by atoms with Crippen LogP contribution in [0.25, 0.3) is 0 Å². The Kier molecular flexibility index (Phi) is 4.55. The summed E-state index contributed by atoms with van der Waals surface area (Å²) < 4.78 is 26.5. The molecular weight excluding hydrogens is 270 g/mol. The van der Waals surface area contributed by atoms with E-state index in [9.17, 15) is 8.78 Å². The summed E-state index contributed by atoms with van der Waals surface area (Å²) in [6.07, 6.45) is 4.66. The van der Waals surface area contributed by atoms with Crippen LogP contribution in [0, 0.1) is 11.6 Å². The van der Waals surface area contributed by atoms with Crippen molar-refractivity contribution in [3.63, 3.8) is 0 Å². The van der Waals surface area contributed by atoms with Gasteiger partial charge in [-0.2, -0.15) is 0 Å². The van der Waals surface area contributed by atoms with E-state index in [-0.39, 0.29) is 0 Å². The van der Waals surface area contributed by atoms with Crippen molar-refractivity contribution in [3.05, 3.63) is 35.4 Å². The fourth-order valence-electron chi connectivity index (χ4n) is 3.75. The summed E-state index contributed by atoms with van der Waals surface area (Å²) in [5, 5.41) is 0. The Morgan fingerprint density at radius 1 is 1.10 bits per heavy atom. The van der Waals surface area contributed by atoms with Gasteiger partial charge in [-0.25, -0.2) is 8.78 Å². The minimum absolute atomic E-state index is 0.477. The first-order valence-corrected chi connectivity index (χ1v) is 8.05. The molecule has 2 nitrogen and oxygen atoms in total. The molecule has 0 saturated carbocycles. The van der Waals surface area contributed by atoms with E-state index in [2.05, 4.69) is 16.7 Å². The third-order valence-electron chi connectivity index (χ3n) is 4.93. The van der Waals surface area contributed by atoms with Crippen molar-refractivity contribution in [2.24, 2.45) is 0 Å². The van der Waals surface area contributed by atoms with E-state index in [4.69, 9.17) is 0 Å². The van der Waals surface area contributed by atoms with E-state index in [0.717, 1.165) is 31.3 Å². The molecule has 116 valence electrons. The smallest absolute Gasteiger partial charge is 0.126 e. The first-order chi connectivity index (χ1) is 10.1. The van der Waals surface area contributed by atoms with Crippen LogP contribution in [0.2, 0.25) is 0 Å². The second kappa shape index (κ2) is 6.41. The summed E-state index contributed by atoms with van der Waals surface area (Å²) in [5.41, 5.74) is 0.755. The average Bonchev–Trinajstić information content (AvgIpc) is 2.44. The topological polar surface area (TPSA) is 6.48 Å². The van der Waals surface area contributed by atoms with Gasteiger partial charge in [0, 0.05) is 37.8 Å². The van der Waals surface area contributed by atoms with Gasteiger partial charge in [0.2, 0.25) is 0 Å². The van der Waals surface area contributed by atoms with Crippen LogP contribution in [0.3, 0.4) is 0 Å². The average molecular weight is 294 g/mol. The molecule has 0 aliphatic carbocycles. The standard InChI is InChI=1S/C17H24F2N2/c1-13-11-21-6-3-2-4-17(21)12-20(13)7-5-14-8-15(18)10-16(19)9-14/h8-10,13,17H,2-7,11-12H2,1H3. The number of rotatable bonds is 3. The molecule has 3 rings (SSSR count). The molecule has 2 fully saturated rings. The van der Waals surface area contributed by atoms with Crippen molar-refractivity contribution in [1.82, 2.24) is 9.80 Å². The molecule has 4 heteroatoms. The Hall–Kier alpha value is -1.00. The summed E-state index contributed by atoms with van der Waals surface area (Å²) in [4.78, 5) is 5.10. The van der Waals surface area contributed by atoms with Crippen molar-refractivity contribution >= 4 is 0 Å². The predicted octanol–water partition coefficient (Wildman–Crippen LogP) is 3.07. The zero-order valence-corrected chi connectivity index (χ0v) is 12.7. The molecule has 2 heterocycles. The van der Waals surface area contributed by atoms with Gasteiger partial charge in [0.1, 0.15) is 11.6 Å². The van der Waals surface area contributed by atoms with E-state index in [1.807, 2.05) is 0 Å². The van der Waals surface area contributed by atoms with Crippen LogP contribution in [0.15, 0.2) is 18.2 Å². The molecule has 2 aliphatic heterocycles. The molecule has 2 saturated heterocycles. The van der Waals surface area contributed by atoms with Gasteiger partial charge >= 0.3 is 0 Å². The lowest BCUT2D eigenvalue weighted by Crippen LogP contribution is -2.58. The number of nitrogens with zero attached hydrogens (tertiary/aromatic N) is 2. The molecular formula is C17H24F2N2.